The summed E-state index contributed by atoms with van der Waals surface area (Å²) in [5, 5.41) is 20.3. The van der Waals surface area contributed by atoms with Crippen LogP contribution in [0.2, 0.25) is 0 Å². The van der Waals surface area contributed by atoms with Gasteiger partial charge in [0.05, 0.1) is 71.8 Å². The SMILES string of the molecule is CC[NH+](CC)CC.CC[NH+](CC)CC.CC[NH+](CC)CC.Nc1ncnc2c1ncn2[C@@H]1O[C@H](COP(=O)([O-])OP(=O)([O-])OP(=O)([O-])O)[C@@H](O)[C@H]1O. The molecule has 3 heterocycles. The Morgan fingerprint density at radius 1 is 0.750 bits per heavy atom. The molecule has 3 rings (SSSR count). The summed E-state index contributed by atoms with van der Waals surface area (Å²) in [6.07, 6.45) is -3.94. The second-order valence-corrected chi connectivity index (χ2v) is 15.7. The minimum Gasteiger partial charge on any atom is -0.756 e. The van der Waals surface area contributed by atoms with Gasteiger partial charge in [-0.3, -0.25) is 18.3 Å². The smallest absolute Gasteiger partial charge is 0.280 e. The lowest BCUT2D eigenvalue weighted by molar-refractivity contribution is -0.894. The first-order valence-electron chi connectivity index (χ1n) is 17.4. The zero-order valence-corrected chi connectivity index (χ0v) is 34.4. The van der Waals surface area contributed by atoms with Crippen LogP contribution >= 0.6 is 23.5 Å². The summed E-state index contributed by atoms with van der Waals surface area (Å²) in [6, 6.07) is 0. The number of hydrogen-bond donors (Lipinski definition) is 7. The molecule has 0 bridgehead atoms. The van der Waals surface area contributed by atoms with Gasteiger partial charge >= 0.3 is 0 Å². The summed E-state index contributed by atoms with van der Waals surface area (Å²) in [7, 11) is -17.7. The van der Waals surface area contributed by atoms with Crippen molar-refractivity contribution in [2.24, 2.45) is 0 Å². The van der Waals surface area contributed by atoms with Crippen LogP contribution in [0.15, 0.2) is 12.7 Å². The number of nitrogens with one attached hydrogen (secondary N) is 3. The normalized spacial score (nSPS) is 22.0. The number of imidazole rings is 1. The number of rotatable bonds is 17. The molecule has 7 atom stereocenters. The number of nitrogen functional groups attached to an aromatic ring is 1. The molecule has 0 saturated carbocycles. The zero-order valence-electron chi connectivity index (χ0n) is 31.7. The summed E-state index contributed by atoms with van der Waals surface area (Å²) >= 11 is 0. The van der Waals surface area contributed by atoms with Crippen molar-refractivity contribution >= 4 is 40.4 Å². The van der Waals surface area contributed by atoms with Crippen molar-refractivity contribution in [1.82, 2.24) is 19.5 Å². The number of fused-ring (bicyclic) bond motifs is 1. The molecule has 0 spiro atoms. The van der Waals surface area contributed by atoms with Crippen LogP contribution in [0.1, 0.15) is 68.5 Å². The first-order chi connectivity index (χ1) is 24.2. The number of nitrogens with two attached hydrogens (primary N) is 1. The third-order valence-corrected chi connectivity index (χ3v) is 12.0. The Hall–Kier alpha value is -1.48. The van der Waals surface area contributed by atoms with Crippen LogP contribution in [0.4, 0.5) is 5.82 Å². The Bertz CT molecular complexity index is 1370. The number of anilines is 1. The van der Waals surface area contributed by atoms with E-state index >= 15 is 0 Å². The maximum atomic E-state index is 11.6. The molecular formula is C28H61N8O13P3. The molecule has 0 radical (unpaired) electrons. The van der Waals surface area contributed by atoms with E-state index < -0.39 is 54.6 Å². The quantitative estimate of drug-likeness (QED) is 0.0756. The Balaban J connectivity index is 0.00000101. The lowest BCUT2D eigenvalue weighted by Crippen LogP contribution is -3.11. The van der Waals surface area contributed by atoms with Gasteiger partial charge in [0.1, 0.15) is 30.2 Å². The molecule has 2 aromatic rings. The topological polar surface area (TPSA) is 301 Å². The number of ether oxygens (including phenoxy) is 1. The van der Waals surface area contributed by atoms with Crippen LogP contribution in [0, 0.1) is 0 Å². The first kappa shape index (κ1) is 50.5. The Labute approximate surface area is 306 Å². The molecule has 306 valence electrons. The highest BCUT2D eigenvalue weighted by molar-refractivity contribution is 7.65. The van der Waals surface area contributed by atoms with Gasteiger partial charge in [0.25, 0.3) is 23.5 Å². The lowest BCUT2D eigenvalue weighted by atomic mass is 10.1. The molecule has 52 heavy (non-hydrogen) atoms. The fourth-order valence-electron chi connectivity index (χ4n) is 4.86. The number of phosphoric ester groups is 1. The third-order valence-electron chi connectivity index (χ3n) is 8.30. The fraction of sp³-hybridized carbons (Fsp3) is 0.821. The van der Waals surface area contributed by atoms with Crippen molar-refractivity contribution in [3.8, 4) is 0 Å². The van der Waals surface area contributed by atoms with Crippen LogP contribution < -0.4 is 35.1 Å². The molecule has 0 aliphatic carbocycles. The highest BCUT2D eigenvalue weighted by Crippen LogP contribution is 2.61. The molecule has 2 aromatic heterocycles. The number of quaternary nitrogens is 3. The second-order valence-electron chi connectivity index (χ2n) is 11.4. The van der Waals surface area contributed by atoms with Crippen LogP contribution in [-0.2, 0) is 31.6 Å². The predicted molar refractivity (Wildman–Crippen MR) is 187 cm³/mol. The average molecular weight is 811 g/mol. The maximum absolute atomic E-state index is 11.6. The lowest BCUT2D eigenvalue weighted by Gasteiger charge is -2.33. The highest BCUT2D eigenvalue weighted by atomic mass is 31.3. The average Bonchev–Trinajstić information content (AvgIpc) is 3.63. The Morgan fingerprint density at radius 2 is 1.19 bits per heavy atom. The van der Waals surface area contributed by atoms with Crippen LogP contribution in [0.5, 0.6) is 0 Å². The van der Waals surface area contributed by atoms with Gasteiger partial charge in [0.2, 0.25) is 0 Å². The van der Waals surface area contributed by atoms with Gasteiger partial charge in [-0.25, -0.2) is 23.6 Å². The van der Waals surface area contributed by atoms with E-state index in [1.165, 1.54) is 69.8 Å². The Morgan fingerprint density at radius 3 is 1.58 bits per heavy atom. The van der Waals surface area contributed by atoms with Gasteiger partial charge in [-0.2, -0.15) is 0 Å². The van der Waals surface area contributed by atoms with E-state index in [1.807, 2.05) is 0 Å². The standard InChI is InChI=1S/C10H16N5O13P3.3C6H15N/c11-8-5-9(13-2-12-8)15(3-14-5)10-7(17)6(16)4(26-10)1-25-30(21,22)28-31(23,24)27-29(18,19)20;3*1-4-7(5-2)6-3/h2-4,6-7,10,16-17H,1H2,(H,21,22)(H,23,24)(H2,11,12,13)(H2,18,19,20);3*4-6H2,1-3H3/t4-,6-,7-,10-;;;/m1.../s1. The van der Waals surface area contributed by atoms with E-state index in [-0.39, 0.29) is 17.0 Å². The van der Waals surface area contributed by atoms with E-state index in [9.17, 15) is 38.6 Å². The molecule has 0 aromatic carbocycles. The third kappa shape index (κ3) is 18.2. The van der Waals surface area contributed by atoms with E-state index in [2.05, 4.69) is 90.4 Å². The molecule has 1 aliphatic rings. The van der Waals surface area contributed by atoms with E-state index in [4.69, 9.17) is 15.4 Å². The van der Waals surface area contributed by atoms with Gasteiger partial charge in [-0.15, -0.1) is 0 Å². The number of aromatic nitrogens is 4. The number of aliphatic hydroxyl groups excluding tert-OH is 2. The van der Waals surface area contributed by atoms with Gasteiger partial charge in [-0.05, 0) is 62.3 Å². The molecule has 3 unspecified atom stereocenters. The fourth-order valence-corrected chi connectivity index (χ4v) is 7.75. The van der Waals surface area contributed by atoms with Gasteiger partial charge < -0.3 is 59.5 Å². The summed E-state index contributed by atoms with van der Waals surface area (Å²) in [4.78, 5) is 58.2. The molecule has 1 aliphatic heterocycles. The predicted octanol–water partition coefficient (Wildman–Crippen LogP) is -3.73. The largest absolute Gasteiger partial charge is 0.756 e. The summed E-state index contributed by atoms with van der Waals surface area (Å²) in [5.41, 5.74) is 5.94. The van der Waals surface area contributed by atoms with E-state index in [0.717, 1.165) is 6.33 Å². The first-order valence-corrected chi connectivity index (χ1v) is 21.8. The van der Waals surface area contributed by atoms with Crippen molar-refractivity contribution < 1.29 is 76.1 Å². The van der Waals surface area contributed by atoms with Crippen LogP contribution in [-0.4, -0.2) is 118 Å². The monoisotopic (exact) mass is 810 g/mol. The van der Waals surface area contributed by atoms with Crippen molar-refractivity contribution in [1.29, 1.82) is 0 Å². The number of aliphatic hydroxyl groups is 2. The maximum Gasteiger partial charge on any atom is 0.280 e. The molecule has 8 N–H and O–H groups in total. The van der Waals surface area contributed by atoms with Crippen molar-refractivity contribution in [2.75, 3.05) is 71.2 Å². The summed E-state index contributed by atoms with van der Waals surface area (Å²) < 4.78 is 50.6. The molecule has 21 nitrogen and oxygen atoms in total. The molecule has 0 amide bonds. The van der Waals surface area contributed by atoms with Crippen molar-refractivity contribution in [2.45, 2.75) is 86.9 Å². The molecular weight excluding hydrogens is 749 g/mol. The summed E-state index contributed by atoms with van der Waals surface area (Å²) in [5.74, 6) is 0.0240. The van der Waals surface area contributed by atoms with Gasteiger partial charge in [0, 0.05) is 0 Å². The molecule has 1 saturated heterocycles. The number of hydrogen-bond acceptors (Lipinski definition) is 16. The Kier molecular flexibility index (Phi) is 24.1. The van der Waals surface area contributed by atoms with E-state index in [1.54, 1.807) is 14.7 Å². The minimum absolute atomic E-state index is 0.0240. The minimum atomic E-state index is -6.08. The molecule has 1 fully saturated rings. The van der Waals surface area contributed by atoms with Gasteiger partial charge in [0.15, 0.2) is 17.7 Å². The number of nitrogens with zero attached hydrogens (tertiary/aromatic N) is 4. The highest BCUT2D eigenvalue weighted by Gasteiger charge is 2.45. The van der Waals surface area contributed by atoms with Crippen molar-refractivity contribution in [3.63, 3.8) is 0 Å². The number of phosphoric acid groups is 3. The van der Waals surface area contributed by atoms with Gasteiger partial charge in [-0.1, -0.05) is 0 Å². The van der Waals surface area contributed by atoms with E-state index in [0.29, 0.717) is 0 Å². The zero-order chi connectivity index (χ0) is 40.3. The van der Waals surface area contributed by atoms with Crippen LogP contribution in [0.25, 0.3) is 11.2 Å². The van der Waals surface area contributed by atoms with Crippen molar-refractivity contribution in [3.05, 3.63) is 12.7 Å². The second kappa shape index (κ2) is 24.8. The summed E-state index contributed by atoms with van der Waals surface area (Å²) in [6.45, 7) is 30.4. The molecule has 24 heteroatoms. The van der Waals surface area contributed by atoms with Crippen LogP contribution in [0.3, 0.4) is 0 Å².